The zero-order valence-corrected chi connectivity index (χ0v) is 11.4. The number of imidazole rings is 1. The van der Waals surface area contributed by atoms with Crippen LogP contribution in [0.5, 0.6) is 0 Å². The van der Waals surface area contributed by atoms with Crippen molar-refractivity contribution in [3.05, 3.63) is 12.7 Å². The van der Waals surface area contributed by atoms with Gasteiger partial charge in [-0.05, 0) is 6.42 Å². The zero-order chi connectivity index (χ0) is 13.0. The summed E-state index contributed by atoms with van der Waals surface area (Å²) in [6.07, 6.45) is 8.49. The van der Waals surface area contributed by atoms with Crippen molar-refractivity contribution in [1.29, 1.82) is 0 Å². The third-order valence-corrected chi connectivity index (χ3v) is 3.06. The van der Waals surface area contributed by atoms with E-state index in [1.165, 1.54) is 25.7 Å². The van der Waals surface area contributed by atoms with Crippen molar-refractivity contribution in [2.45, 2.75) is 39.2 Å². The third-order valence-electron chi connectivity index (χ3n) is 3.06. The standard InChI is InChI=1S/C13H21N5/c1-4-5-6-7-8-18-10-16-11-12(17(2)3)14-9-15-13(11)18/h9-10H,4-8H2,1-3H3. The Morgan fingerprint density at radius 1 is 1.11 bits per heavy atom. The van der Waals surface area contributed by atoms with E-state index in [0.29, 0.717) is 0 Å². The molecule has 0 unspecified atom stereocenters. The molecule has 5 heteroatoms. The van der Waals surface area contributed by atoms with Gasteiger partial charge in [0, 0.05) is 20.6 Å². The third kappa shape index (κ3) is 2.60. The monoisotopic (exact) mass is 247 g/mol. The molecule has 0 aliphatic heterocycles. The molecule has 5 nitrogen and oxygen atoms in total. The largest absolute Gasteiger partial charge is 0.361 e. The summed E-state index contributed by atoms with van der Waals surface area (Å²) in [5.41, 5.74) is 1.82. The van der Waals surface area contributed by atoms with E-state index in [1.807, 2.05) is 25.3 Å². The highest BCUT2D eigenvalue weighted by Gasteiger charge is 2.10. The molecule has 0 saturated heterocycles. The SMILES string of the molecule is CCCCCCn1cnc2c(N(C)C)ncnc21. The predicted octanol–water partition coefficient (Wildman–Crippen LogP) is 2.47. The van der Waals surface area contributed by atoms with Gasteiger partial charge in [0.1, 0.15) is 6.33 Å². The Hall–Kier alpha value is -1.65. The Balaban J connectivity index is 2.18. The highest BCUT2D eigenvalue weighted by atomic mass is 15.2. The highest BCUT2D eigenvalue weighted by molar-refractivity contribution is 5.82. The van der Waals surface area contributed by atoms with Crippen LogP contribution in [-0.2, 0) is 6.54 Å². The summed E-state index contributed by atoms with van der Waals surface area (Å²) >= 11 is 0. The normalized spacial score (nSPS) is 11.1. The number of fused-ring (bicyclic) bond motifs is 1. The van der Waals surface area contributed by atoms with Crippen LogP contribution in [0, 0.1) is 0 Å². The van der Waals surface area contributed by atoms with Gasteiger partial charge in [-0.3, -0.25) is 0 Å². The van der Waals surface area contributed by atoms with Crippen molar-refractivity contribution >= 4 is 17.0 Å². The predicted molar refractivity (Wildman–Crippen MR) is 73.8 cm³/mol. The fourth-order valence-corrected chi connectivity index (χ4v) is 2.07. The number of unbranched alkanes of at least 4 members (excludes halogenated alkanes) is 3. The first-order chi connectivity index (χ1) is 8.74. The van der Waals surface area contributed by atoms with Crippen LogP contribution in [0.25, 0.3) is 11.2 Å². The molecule has 2 aromatic heterocycles. The van der Waals surface area contributed by atoms with Crippen molar-refractivity contribution in [2.24, 2.45) is 0 Å². The lowest BCUT2D eigenvalue weighted by atomic mass is 10.2. The van der Waals surface area contributed by atoms with Gasteiger partial charge in [-0.2, -0.15) is 0 Å². The highest BCUT2D eigenvalue weighted by Crippen LogP contribution is 2.19. The Morgan fingerprint density at radius 2 is 1.94 bits per heavy atom. The number of aryl methyl sites for hydroxylation is 1. The first kappa shape index (κ1) is 12.8. The maximum absolute atomic E-state index is 4.44. The molecule has 0 radical (unpaired) electrons. The topological polar surface area (TPSA) is 46.8 Å². The van der Waals surface area contributed by atoms with Gasteiger partial charge in [0.15, 0.2) is 17.0 Å². The van der Waals surface area contributed by atoms with Crippen molar-refractivity contribution < 1.29 is 0 Å². The van der Waals surface area contributed by atoms with Gasteiger partial charge in [0.25, 0.3) is 0 Å². The van der Waals surface area contributed by atoms with Gasteiger partial charge in [0.05, 0.1) is 6.33 Å². The second-order valence-electron chi connectivity index (χ2n) is 4.76. The summed E-state index contributed by atoms with van der Waals surface area (Å²) in [6, 6.07) is 0. The Labute approximate surface area is 108 Å². The maximum Gasteiger partial charge on any atom is 0.165 e. The molecule has 0 spiro atoms. The summed E-state index contributed by atoms with van der Waals surface area (Å²) in [5.74, 6) is 0.882. The van der Waals surface area contributed by atoms with Crippen molar-refractivity contribution in [1.82, 2.24) is 19.5 Å². The number of anilines is 1. The van der Waals surface area contributed by atoms with Crippen LogP contribution < -0.4 is 4.90 Å². The summed E-state index contributed by atoms with van der Waals surface area (Å²) in [5, 5.41) is 0. The summed E-state index contributed by atoms with van der Waals surface area (Å²) in [7, 11) is 3.95. The maximum atomic E-state index is 4.44. The molecule has 0 aromatic carbocycles. The van der Waals surface area contributed by atoms with Gasteiger partial charge in [-0.25, -0.2) is 15.0 Å². The second kappa shape index (κ2) is 5.80. The number of aromatic nitrogens is 4. The lowest BCUT2D eigenvalue weighted by Gasteiger charge is -2.10. The minimum absolute atomic E-state index is 0.882. The molecule has 0 aliphatic rings. The van der Waals surface area contributed by atoms with E-state index < -0.39 is 0 Å². The lowest BCUT2D eigenvalue weighted by Crippen LogP contribution is -2.11. The molecule has 0 fully saturated rings. The Kier molecular flexibility index (Phi) is 4.12. The van der Waals surface area contributed by atoms with E-state index in [-0.39, 0.29) is 0 Å². The fourth-order valence-electron chi connectivity index (χ4n) is 2.07. The molecule has 0 N–H and O–H groups in total. The fraction of sp³-hybridized carbons (Fsp3) is 0.615. The number of rotatable bonds is 6. The summed E-state index contributed by atoms with van der Waals surface area (Å²) in [6.45, 7) is 3.21. The van der Waals surface area contributed by atoms with Crippen LogP contribution in [0.2, 0.25) is 0 Å². The quantitative estimate of drug-likeness (QED) is 0.736. The number of hydrogen-bond donors (Lipinski definition) is 0. The van der Waals surface area contributed by atoms with Gasteiger partial charge in [-0.1, -0.05) is 26.2 Å². The molecule has 2 rings (SSSR count). The van der Waals surface area contributed by atoms with Crippen molar-refractivity contribution in [3.63, 3.8) is 0 Å². The Morgan fingerprint density at radius 3 is 2.67 bits per heavy atom. The smallest absolute Gasteiger partial charge is 0.165 e. The zero-order valence-electron chi connectivity index (χ0n) is 11.4. The lowest BCUT2D eigenvalue weighted by molar-refractivity contribution is 0.589. The van der Waals surface area contributed by atoms with Gasteiger partial charge < -0.3 is 9.47 Å². The average molecular weight is 247 g/mol. The van der Waals surface area contributed by atoms with Crippen molar-refractivity contribution in [3.8, 4) is 0 Å². The minimum atomic E-state index is 0.882. The summed E-state index contributed by atoms with van der Waals surface area (Å²) < 4.78 is 2.12. The first-order valence-corrected chi connectivity index (χ1v) is 6.57. The minimum Gasteiger partial charge on any atom is -0.361 e. The molecular formula is C13H21N5. The van der Waals surface area contributed by atoms with E-state index in [9.17, 15) is 0 Å². The van der Waals surface area contributed by atoms with E-state index in [1.54, 1.807) is 6.33 Å². The van der Waals surface area contributed by atoms with E-state index in [0.717, 1.165) is 23.5 Å². The van der Waals surface area contributed by atoms with Crippen LogP contribution in [0.4, 0.5) is 5.82 Å². The van der Waals surface area contributed by atoms with E-state index in [2.05, 4.69) is 26.4 Å². The van der Waals surface area contributed by atoms with Crippen LogP contribution in [0.1, 0.15) is 32.6 Å². The molecule has 0 amide bonds. The van der Waals surface area contributed by atoms with Crippen LogP contribution in [-0.4, -0.2) is 33.6 Å². The Bertz CT molecular complexity index is 503. The summed E-state index contributed by atoms with van der Waals surface area (Å²) in [4.78, 5) is 15.0. The van der Waals surface area contributed by atoms with Crippen LogP contribution in [0.15, 0.2) is 12.7 Å². The number of nitrogens with zero attached hydrogens (tertiary/aromatic N) is 5. The van der Waals surface area contributed by atoms with E-state index in [4.69, 9.17) is 0 Å². The molecule has 98 valence electrons. The molecule has 0 aliphatic carbocycles. The molecule has 0 bridgehead atoms. The van der Waals surface area contributed by atoms with Crippen LogP contribution in [0.3, 0.4) is 0 Å². The first-order valence-electron chi connectivity index (χ1n) is 6.57. The molecule has 0 saturated carbocycles. The molecule has 2 aromatic rings. The van der Waals surface area contributed by atoms with Gasteiger partial charge >= 0.3 is 0 Å². The number of hydrogen-bond acceptors (Lipinski definition) is 4. The average Bonchev–Trinajstić information content (AvgIpc) is 2.77. The molecule has 18 heavy (non-hydrogen) atoms. The van der Waals surface area contributed by atoms with Crippen LogP contribution >= 0.6 is 0 Å². The molecule has 2 heterocycles. The molecule has 0 atom stereocenters. The van der Waals surface area contributed by atoms with Gasteiger partial charge in [0.2, 0.25) is 0 Å². The van der Waals surface area contributed by atoms with E-state index >= 15 is 0 Å². The van der Waals surface area contributed by atoms with Gasteiger partial charge in [-0.15, -0.1) is 0 Å². The van der Waals surface area contributed by atoms with Crippen molar-refractivity contribution in [2.75, 3.05) is 19.0 Å². The second-order valence-corrected chi connectivity index (χ2v) is 4.76. The molecular weight excluding hydrogens is 226 g/mol.